The van der Waals surface area contributed by atoms with Gasteiger partial charge in [-0.3, -0.25) is 4.90 Å². The summed E-state index contributed by atoms with van der Waals surface area (Å²) in [5, 5.41) is 0. The molecule has 0 saturated carbocycles. The summed E-state index contributed by atoms with van der Waals surface area (Å²) < 4.78 is 25.3. The van der Waals surface area contributed by atoms with Gasteiger partial charge in [0.2, 0.25) is 0 Å². The zero-order chi connectivity index (χ0) is 7.78. The van der Waals surface area contributed by atoms with Crippen LogP contribution in [0.2, 0.25) is 0 Å². The molecular formula is C6H11F2N2. The molecule has 1 atom stereocenters. The van der Waals surface area contributed by atoms with Gasteiger partial charge in [0.25, 0.3) is 5.92 Å². The minimum Gasteiger partial charge on any atom is -0.323 e. The third-order valence-corrected chi connectivity index (χ3v) is 1.73. The smallest absolute Gasteiger partial charge is 0.275 e. The van der Waals surface area contributed by atoms with Crippen LogP contribution in [0.1, 0.15) is 6.42 Å². The van der Waals surface area contributed by atoms with E-state index < -0.39 is 12.0 Å². The molecule has 1 saturated heterocycles. The van der Waals surface area contributed by atoms with Crippen LogP contribution in [-0.4, -0.2) is 30.0 Å². The Balaban J connectivity index is 2.55. The molecule has 0 aromatic heterocycles. The van der Waals surface area contributed by atoms with E-state index >= 15 is 0 Å². The molecule has 1 aliphatic rings. The Labute approximate surface area is 59.0 Å². The lowest BCUT2D eigenvalue weighted by Gasteiger charge is -2.33. The van der Waals surface area contributed by atoms with Crippen LogP contribution in [0.4, 0.5) is 8.78 Å². The number of nitrogens with two attached hydrogens (primary N) is 1. The topological polar surface area (TPSA) is 29.3 Å². The fraction of sp³-hybridized carbons (Fsp3) is 0.833. The zero-order valence-electron chi connectivity index (χ0n) is 5.69. The highest BCUT2D eigenvalue weighted by Crippen LogP contribution is 2.24. The van der Waals surface area contributed by atoms with E-state index in [0.29, 0.717) is 13.0 Å². The number of piperidine rings is 1. The quantitative estimate of drug-likeness (QED) is 0.541. The first-order valence-electron chi connectivity index (χ1n) is 3.21. The largest absolute Gasteiger partial charge is 0.323 e. The molecule has 2 nitrogen and oxygen atoms in total. The van der Waals surface area contributed by atoms with Crippen molar-refractivity contribution in [2.75, 3.05) is 13.1 Å². The average Bonchev–Trinajstić information content (AvgIpc) is 1.78. The summed E-state index contributed by atoms with van der Waals surface area (Å²) in [5.41, 5.74) is 5.17. The SMILES string of the molecule is [CH2]N1CCC(N)C(F)(F)C1. The highest BCUT2D eigenvalue weighted by Gasteiger charge is 2.41. The minimum atomic E-state index is -2.75. The summed E-state index contributed by atoms with van der Waals surface area (Å²) in [6.45, 7) is 0.255. The van der Waals surface area contributed by atoms with Crippen molar-refractivity contribution in [3.05, 3.63) is 7.05 Å². The van der Waals surface area contributed by atoms with Crippen LogP contribution in [0, 0.1) is 7.05 Å². The van der Waals surface area contributed by atoms with Gasteiger partial charge >= 0.3 is 0 Å². The van der Waals surface area contributed by atoms with Gasteiger partial charge in [-0.15, -0.1) is 0 Å². The molecule has 1 aliphatic heterocycles. The summed E-state index contributed by atoms with van der Waals surface area (Å²) in [5.74, 6) is -2.75. The van der Waals surface area contributed by atoms with E-state index in [4.69, 9.17) is 5.73 Å². The molecule has 1 unspecified atom stereocenters. The molecule has 0 aliphatic carbocycles. The highest BCUT2D eigenvalue weighted by molar-refractivity contribution is 4.88. The van der Waals surface area contributed by atoms with Gasteiger partial charge in [-0.25, -0.2) is 8.78 Å². The van der Waals surface area contributed by atoms with Gasteiger partial charge in [-0.2, -0.15) is 0 Å². The van der Waals surface area contributed by atoms with Crippen molar-refractivity contribution in [3.8, 4) is 0 Å². The lowest BCUT2D eigenvalue weighted by Crippen LogP contribution is -2.53. The monoisotopic (exact) mass is 149 g/mol. The first-order valence-corrected chi connectivity index (χ1v) is 3.21. The van der Waals surface area contributed by atoms with Crippen LogP contribution in [0.3, 0.4) is 0 Å². The van der Waals surface area contributed by atoms with Gasteiger partial charge in [0.05, 0.1) is 12.6 Å². The molecule has 0 bridgehead atoms. The second-order valence-electron chi connectivity index (χ2n) is 2.71. The predicted octanol–water partition coefficient (Wildman–Crippen LogP) is 0.446. The molecular weight excluding hydrogens is 138 g/mol. The number of halogens is 2. The number of hydrogen-bond acceptors (Lipinski definition) is 2. The predicted molar refractivity (Wildman–Crippen MR) is 34.5 cm³/mol. The Morgan fingerprint density at radius 2 is 2.20 bits per heavy atom. The summed E-state index contributed by atoms with van der Waals surface area (Å²) in [4.78, 5) is 1.35. The Kier molecular flexibility index (Phi) is 1.92. The Bertz CT molecular complexity index is 127. The molecule has 1 rings (SSSR count). The number of rotatable bonds is 0. The van der Waals surface area contributed by atoms with Crippen molar-refractivity contribution < 1.29 is 8.78 Å². The molecule has 0 spiro atoms. The fourth-order valence-electron chi connectivity index (χ4n) is 1.03. The van der Waals surface area contributed by atoms with Crippen LogP contribution in [-0.2, 0) is 0 Å². The average molecular weight is 149 g/mol. The Morgan fingerprint density at radius 1 is 1.60 bits per heavy atom. The van der Waals surface area contributed by atoms with Crippen molar-refractivity contribution in [2.45, 2.75) is 18.4 Å². The van der Waals surface area contributed by atoms with Gasteiger partial charge in [0, 0.05) is 13.6 Å². The molecule has 1 fully saturated rings. The highest BCUT2D eigenvalue weighted by atomic mass is 19.3. The molecule has 4 heteroatoms. The fourth-order valence-corrected chi connectivity index (χ4v) is 1.03. The maximum absolute atomic E-state index is 12.6. The normalized spacial score (nSPS) is 34.2. The number of nitrogens with zero attached hydrogens (tertiary/aromatic N) is 1. The molecule has 2 N–H and O–H groups in total. The lowest BCUT2D eigenvalue weighted by atomic mass is 10.0. The van der Waals surface area contributed by atoms with E-state index in [1.165, 1.54) is 4.90 Å². The van der Waals surface area contributed by atoms with Gasteiger partial charge in [-0.1, -0.05) is 0 Å². The van der Waals surface area contributed by atoms with Crippen molar-refractivity contribution in [3.63, 3.8) is 0 Å². The summed E-state index contributed by atoms with van der Waals surface area (Å²) in [7, 11) is 3.43. The molecule has 10 heavy (non-hydrogen) atoms. The Morgan fingerprint density at radius 3 is 2.60 bits per heavy atom. The first kappa shape index (κ1) is 7.88. The van der Waals surface area contributed by atoms with Gasteiger partial charge in [0.1, 0.15) is 0 Å². The van der Waals surface area contributed by atoms with Crippen LogP contribution >= 0.6 is 0 Å². The molecule has 1 radical (unpaired) electrons. The van der Waals surface area contributed by atoms with Crippen molar-refractivity contribution in [1.29, 1.82) is 0 Å². The second-order valence-corrected chi connectivity index (χ2v) is 2.71. The van der Waals surface area contributed by atoms with Gasteiger partial charge in [0.15, 0.2) is 0 Å². The lowest BCUT2D eigenvalue weighted by molar-refractivity contribution is -0.0692. The van der Waals surface area contributed by atoms with E-state index in [0.717, 1.165) is 0 Å². The van der Waals surface area contributed by atoms with Crippen LogP contribution in [0.15, 0.2) is 0 Å². The van der Waals surface area contributed by atoms with E-state index in [-0.39, 0.29) is 6.54 Å². The maximum Gasteiger partial charge on any atom is 0.275 e. The third-order valence-electron chi connectivity index (χ3n) is 1.73. The van der Waals surface area contributed by atoms with Crippen molar-refractivity contribution in [1.82, 2.24) is 4.90 Å². The van der Waals surface area contributed by atoms with Crippen LogP contribution < -0.4 is 5.73 Å². The van der Waals surface area contributed by atoms with Crippen LogP contribution in [0.5, 0.6) is 0 Å². The molecule has 0 amide bonds. The standard InChI is InChI=1S/C6H11F2N2/c1-10-3-2-5(9)6(7,8)4-10/h5H,1-4,9H2. The van der Waals surface area contributed by atoms with Crippen LogP contribution in [0.25, 0.3) is 0 Å². The summed E-state index contributed by atoms with van der Waals surface area (Å²) in [6, 6.07) is -0.981. The van der Waals surface area contributed by atoms with E-state index in [2.05, 4.69) is 7.05 Å². The number of hydrogen-bond donors (Lipinski definition) is 1. The van der Waals surface area contributed by atoms with E-state index in [9.17, 15) is 8.78 Å². The molecule has 0 aromatic carbocycles. The maximum atomic E-state index is 12.6. The van der Waals surface area contributed by atoms with Gasteiger partial charge < -0.3 is 5.73 Å². The third kappa shape index (κ3) is 1.44. The Hall–Kier alpha value is -0.220. The molecule has 0 aromatic rings. The number of likely N-dealkylation sites (tertiary alicyclic amines) is 1. The summed E-state index contributed by atoms with van der Waals surface area (Å²) in [6.07, 6.45) is 0.330. The van der Waals surface area contributed by atoms with Crippen molar-refractivity contribution in [2.24, 2.45) is 5.73 Å². The first-order chi connectivity index (χ1) is 4.52. The zero-order valence-corrected chi connectivity index (χ0v) is 5.69. The number of alkyl halides is 2. The second kappa shape index (κ2) is 2.43. The minimum absolute atomic E-state index is 0.311. The van der Waals surface area contributed by atoms with E-state index in [1.807, 2.05) is 0 Å². The molecule has 1 heterocycles. The summed E-state index contributed by atoms with van der Waals surface area (Å²) >= 11 is 0. The van der Waals surface area contributed by atoms with Crippen molar-refractivity contribution >= 4 is 0 Å². The van der Waals surface area contributed by atoms with Gasteiger partial charge in [-0.05, 0) is 6.42 Å². The molecule has 59 valence electrons. The van der Waals surface area contributed by atoms with E-state index in [1.54, 1.807) is 0 Å².